The van der Waals surface area contributed by atoms with Crippen LogP contribution in [-0.4, -0.2) is 30.6 Å². The van der Waals surface area contributed by atoms with E-state index in [0.717, 1.165) is 11.0 Å². The summed E-state index contributed by atoms with van der Waals surface area (Å²) in [5, 5.41) is 0. The molecule has 0 saturated carbocycles. The molecule has 0 aliphatic rings. The van der Waals surface area contributed by atoms with Gasteiger partial charge < -0.3 is 9.96 Å². The maximum Gasteiger partial charge on any atom is 0.104 e. The summed E-state index contributed by atoms with van der Waals surface area (Å²) >= 11 is 0. The van der Waals surface area contributed by atoms with E-state index in [2.05, 4.69) is 51.4 Å². The van der Waals surface area contributed by atoms with Crippen LogP contribution in [0, 0.1) is 0 Å². The molecule has 2 nitrogen and oxygen atoms in total. The van der Waals surface area contributed by atoms with Crippen LogP contribution >= 0.6 is 0 Å². The summed E-state index contributed by atoms with van der Waals surface area (Å²) in [6.07, 6.45) is 15.7. The highest BCUT2D eigenvalue weighted by atomic mass is 16.0. The second-order valence-corrected chi connectivity index (χ2v) is 7.84. The maximum absolute atomic E-state index is 2.36. The Morgan fingerprint density at radius 2 is 1.12 bits per heavy atom. The van der Waals surface area contributed by atoms with Gasteiger partial charge in [0.2, 0.25) is 0 Å². The van der Waals surface area contributed by atoms with E-state index in [1.165, 1.54) is 82.7 Å². The molecule has 1 rings (SSSR count). The molecule has 0 saturated heterocycles. The average molecular weight is 336 g/mol. The Kier molecular flexibility index (Phi) is 14.0. The molecular weight excluding hydrogens is 294 g/mol. The van der Waals surface area contributed by atoms with E-state index in [-0.39, 0.29) is 5.48 Å². The Labute approximate surface area is 151 Å². The van der Waals surface area contributed by atoms with Crippen molar-refractivity contribution in [3.63, 3.8) is 0 Å². The lowest BCUT2D eigenvalue weighted by Crippen LogP contribution is -2.39. The third-order valence-electron chi connectivity index (χ3n) is 4.82. The summed E-state index contributed by atoms with van der Waals surface area (Å²) in [6, 6.07) is 10.9. The number of benzene rings is 1. The molecule has 0 atom stereocenters. The van der Waals surface area contributed by atoms with Gasteiger partial charge in [-0.3, -0.25) is 0 Å². The summed E-state index contributed by atoms with van der Waals surface area (Å²) in [6.45, 7) is 4.74. The molecule has 2 heteroatoms. The van der Waals surface area contributed by atoms with Gasteiger partial charge in [0, 0.05) is 5.56 Å². The van der Waals surface area contributed by atoms with Crippen molar-refractivity contribution < 1.29 is 9.96 Å². The van der Waals surface area contributed by atoms with Crippen LogP contribution in [0.25, 0.3) is 0 Å². The van der Waals surface area contributed by atoms with E-state index >= 15 is 0 Å². The topological polar surface area (TPSA) is 30.0 Å². The van der Waals surface area contributed by atoms with Crippen molar-refractivity contribution in [1.82, 2.24) is 0 Å². The number of unbranched alkanes of at least 4 members (excludes halogenated alkanes) is 10. The van der Waals surface area contributed by atoms with Crippen LogP contribution in [0.1, 0.15) is 83.1 Å². The van der Waals surface area contributed by atoms with Crippen LogP contribution in [0.3, 0.4) is 0 Å². The molecule has 0 amide bonds. The fraction of sp³-hybridized carbons (Fsp3) is 0.727. The Balaban J connectivity index is 0.00000529. The predicted molar refractivity (Wildman–Crippen MR) is 106 cm³/mol. The first kappa shape index (κ1) is 23.1. The molecule has 0 spiro atoms. The molecule has 0 unspecified atom stereocenters. The summed E-state index contributed by atoms with van der Waals surface area (Å²) in [4.78, 5) is 0. The van der Waals surface area contributed by atoms with E-state index in [9.17, 15) is 0 Å². The van der Waals surface area contributed by atoms with Gasteiger partial charge in [0.05, 0.1) is 20.6 Å². The van der Waals surface area contributed by atoms with Gasteiger partial charge in [-0.15, -0.1) is 0 Å². The molecule has 0 heterocycles. The minimum Gasteiger partial charge on any atom is -0.870 e. The minimum atomic E-state index is 0. The van der Waals surface area contributed by atoms with Crippen molar-refractivity contribution in [1.29, 1.82) is 0 Å². The van der Waals surface area contributed by atoms with E-state index in [1.54, 1.807) is 0 Å². The molecule has 24 heavy (non-hydrogen) atoms. The second-order valence-electron chi connectivity index (χ2n) is 7.84. The van der Waals surface area contributed by atoms with Crippen molar-refractivity contribution in [3.05, 3.63) is 35.9 Å². The summed E-state index contributed by atoms with van der Waals surface area (Å²) in [7, 11) is 4.73. The van der Waals surface area contributed by atoms with Gasteiger partial charge in [-0.05, 0) is 12.8 Å². The lowest BCUT2D eigenvalue weighted by atomic mass is 10.1. The minimum absolute atomic E-state index is 0. The largest absolute Gasteiger partial charge is 0.870 e. The molecule has 1 aromatic rings. The summed E-state index contributed by atoms with van der Waals surface area (Å²) in [5.41, 5.74) is 1.46. The summed E-state index contributed by atoms with van der Waals surface area (Å²) < 4.78 is 1.11. The van der Waals surface area contributed by atoms with Gasteiger partial charge in [0.25, 0.3) is 0 Å². The normalized spacial score (nSPS) is 11.3. The first-order valence-electron chi connectivity index (χ1n) is 10.00. The standard InChI is InChI=1S/C22H40N.H2O/c1-4-5-6-7-8-9-10-11-12-13-17-20-23(2,3)21-22-18-15-14-16-19-22;/h14-16,18-19H,4-13,17,20-21H2,1-3H3;1H2/q+1;/p-1. The molecule has 1 N–H and O–H groups in total. The van der Waals surface area contributed by atoms with Gasteiger partial charge in [-0.1, -0.05) is 95.0 Å². The van der Waals surface area contributed by atoms with Gasteiger partial charge in [-0.2, -0.15) is 0 Å². The zero-order valence-corrected chi connectivity index (χ0v) is 16.5. The highest BCUT2D eigenvalue weighted by Crippen LogP contribution is 2.14. The van der Waals surface area contributed by atoms with Crippen LogP contribution < -0.4 is 0 Å². The van der Waals surface area contributed by atoms with Crippen molar-refractivity contribution in [2.24, 2.45) is 0 Å². The van der Waals surface area contributed by atoms with E-state index in [0.29, 0.717) is 0 Å². The van der Waals surface area contributed by atoms with E-state index in [4.69, 9.17) is 0 Å². The molecule has 0 aliphatic heterocycles. The zero-order valence-electron chi connectivity index (χ0n) is 16.5. The van der Waals surface area contributed by atoms with Crippen molar-refractivity contribution >= 4 is 0 Å². The van der Waals surface area contributed by atoms with Gasteiger partial charge in [-0.25, -0.2) is 0 Å². The number of quaternary nitrogens is 1. The van der Waals surface area contributed by atoms with Crippen LogP contribution in [-0.2, 0) is 6.54 Å². The van der Waals surface area contributed by atoms with Gasteiger partial charge in [0.15, 0.2) is 0 Å². The molecular formula is C22H41NO. The molecule has 0 aliphatic carbocycles. The third-order valence-corrected chi connectivity index (χ3v) is 4.82. The summed E-state index contributed by atoms with van der Waals surface area (Å²) in [5.74, 6) is 0. The lowest BCUT2D eigenvalue weighted by Gasteiger charge is -2.30. The first-order chi connectivity index (χ1) is 11.1. The van der Waals surface area contributed by atoms with Crippen molar-refractivity contribution in [2.75, 3.05) is 20.6 Å². The van der Waals surface area contributed by atoms with E-state index in [1.807, 2.05) is 0 Å². The second kappa shape index (κ2) is 14.5. The number of nitrogens with zero attached hydrogens (tertiary/aromatic N) is 1. The molecule has 1 aromatic carbocycles. The number of hydrogen-bond acceptors (Lipinski definition) is 1. The quantitative estimate of drug-likeness (QED) is 0.286. The maximum atomic E-state index is 2.36. The average Bonchev–Trinajstić information content (AvgIpc) is 2.53. The SMILES string of the molecule is CCCCCCCCCCCCC[N+](C)(C)Cc1ccccc1.[OH-]. The predicted octanol–water partition coefficient (Wildman–Crippen LogP) is 6.40. The van der Waals surface area contributed by atoms with Crippen LogP contribution in [0.2, 0.25) is 0 Å². The molecule has 0 fully saturated rings. The fourth-order valence-corrected chi connectivity index (χ4v) is 3.36. The van der Waals surface area contributed by atoms with Gasteiger partial charge >= 0.3 is 0 Å². The third kappa shape index (κ3) is 12.5. The molecule has 0 bridgehead atoms. The molecule has 0 radical (unpaired) electrons. The smallest absolute Gasteiger partial charge is 0.104 e. The van der Waals surface area contributed by atoms with Crippen molar-refractivity contribution in [2.45, 2.75) is 84.1 Å². The first-order valence-corrected chi connectivity index (χ1v) is 10.00. The van der Waals surface area contributed by atoms with Crippen molar-refractivity contribution in [3.8, 4) is 0 Å². The van der Waals surface area contributed by atoms with E-state index < -0.39 is 0 Å². The van der Waals surface area contributed by atoms with Crippen LogP contribution in [0.15, 0.2) is 30.3 Å². The highest BCUT2D eigenvalue weighted by molar-refractivity contribution is 5.13. The lowest BCUT2D eigenvalue weighted by molar-refractivity contribution is -0.903. The fourth-order valence-electron chi connectivity index (χ4n) is 3.36. The Morgan fingerprint density at radius 1 is 0.667 bits per heavy atom. The zero-order chi connectivity index (χ0) is 16.8. The molecule has 0 aromatic heterocycles. The highest BCUT2D eigenvalue weighted by Gasteiger charge is 2.14. The molecule has 140 valence electrons. The number of hydrogen-bond donors (Lipinski definition) is 0. The Bertz CT molecular complexity index is 375. The Morgan fingerprint density at radius 3 is 1.62 bits per heavy atom. The number of rotatable bonds is 14. The van der Waals surface area contributed by atoms with Gasteiger partial charge in [0.1, 0.15) is 6.54 Å². The Hall–Kier alpha value is -0.860. The van der Waals surface area contributed by atoms with Crippen LogP contribution in [0.5, 0.6) is 0 Å². The monoisotopic (exact) mass is 335 g/mol. The van der Waals surface area contributed by atoms with Crippen LogP contribution in [0.4, 0.5) is 0 Å².